The van der Waals surface area contributed by atoms with Crippen LogP contribution in [0.2, 0.25) is 0 Å². The van der Waals surface area contributed by atoms with Gasteiger partial charge >= 0.3 is 0 Å². The Morgan fingerprint density at radius 3 is 1.36 bits per heavy atom. The molecule has 246 valence electrons. The van der Waals surface area contributed by atoms with Gasteiger partial charge in [-0.15, -0.1) is 11.6 Å². The summed E-state index contributed by atoms with van der Waals surface area (Å²) in [4.78, 5) is 0. The predicted molar refractivity (Wildman–Crippen MR) is 199 cm³/mol. The summed E-state index contributed by atoms with van der Waals surface area (Å²) >= 11 is 5.85. The van der Waals surface area contributed by atoms with E-state index in [1.807, 2.05) is 0 Å². The van der Waals surface area contributed by atoms with E-state index in [1.54, 1.807) is 0 Å². The second kappa shape index (κ2) is 26.2. The van der Waals surface area contributed by atoms with Crippen LogP contribution in [0, 0.1) is 5.92 Å². The molecule has 0 saturated carbocycles. The molecule has 1 aromatic carbocycles. The number of benzene rings is 1. The minimum Gasteiger partial charge on any atom is -0.377 e. The number of allylic oxidation sites excluding steroid dienone is 12. The zero-order valence-electron chi connectivity index (χ0n) is 29.5. The van der Waals surface area contributed by atoms with Crippen LogP contribution in [0.3, 0.4) is 0 Å². The molecule has 0 aliphatic rings. The van der Waals surface area contributed by atoms with Gasteiger partial charge in [0.15, 0.2) is 0 Å². The molecule has 2 heteroatoms. The van der Waals surface area contributed by atoms with E-state index in [0.717, 1.165) is 58.2 Å². The zero-order chi connectivity index (χ0) is 32.4. The molecule has 1 unspecified atom stereocenters. The summed E-state index contributed by atoms with van der Waals surface area (Å²) in [5, 5.41) is 0. The normalized spacial score (nSPS) is 14.8. The second-order valence-corrected chi connectivity index (χ2v) is 13.4. The van der Waals surface area contributed by atoms with Crippen LogP contribution in [0.25, 0.3) is 0 Å². The van der Waals surface area contributed by atoms with Gasteiger partial charge in [-0.1, -0.05) is 107 Å². The van der Waals surface area contributed by atoms with Crippen molar-refractivity contribution in [2.24, 2.45) is 5.92 Å². The summed E-state index contributed by atoms with van der Waals surface area (Å²) in [6, 6.07) is 10.4. The average Bonchev–Trinajstić information content (AvgIpc) is 2.99. The molecule has 0 amide bonds. The van der Waals surface area contributed by atoms with Gasteiger partial charge in [0.1, 0.15) is 0 Å². The Morgan fingerprint density at radius 1 is 0.568 bits per heavy atom. The lowest BCUT2D eigenvalue weighted by Gasteiger charge is -2.11. The van der Waals surface area contributed by atoms with Crippen LogP contribution in [0.1, 0.15) is 138 Å². The Balaban J connectivity index is 2.15. The lowest BCUT2D eigenvalue weighted by atomic mass is 10.00. The first-order valence-corrected chi connectivity index (χ1v) is 17.8. The fourth-order valence-electron chi connectivity index (χ4n) is 5.10. The van der Waals surface area contributed by atoms with Gasteiger partial charge in [0.05, 0.1) is 6.61 Å². The van der Waals surface area contributed by atoms with Crippen molar-refractivity contribution >= 4 is 11.6 Å². The van der Waals surface area contributed by atoms with E-state index in [9.17, 15) is 0 Å². The Hall–Kier alpha value is -2.09. The van der Waals surface area contributed by atoms with Gasteiger partial charge in [0, 0.05) is 12.5 Å². The fourth-order valence-corrected chi connectivity index (χ4v) is 5.21. The lowest BCUT2D eigenvalue weighted by molar-refractivity contribution is 0.108. The highest BCUT2D eigenvalue weighted by Gasteiger charge is 2.02. The van der Waals surface area contributed by atoms with E-state index in [4.69, 9.17) is 16.3 Å². The summed E-state index contributed by atoms with van der Waals surface area (Å²) in [5.74, 6) is 1.35. The third-order valence-electron chi connectivity index (χ3n) is 8.39. The largest absolute Gasteiger partial charge is 0.377 e. The van der Waals surface area contributed by atoms with Gasteiger partial charge in [-0.2, -0.15) is 0 Å². The number of rotatable bonds is 24. The Morgan fingerprint density at radius 2 is 0.955 bits per heavy atom. The molecule has 44 heavy (non-hydrogen) atoms. The van der Waals surface area contributed by atoms with Crippen molar-refractivity contribution in [3.8, 4) is 0 Å². The summed E-state index contributed by atoms with van der Waals surface area (Å²) in [5.41, 5.74) is 10.1. The molecule has 0 radical (unpaired) electrons. The minimum absolute atomic E-state index is 0.643. The monoisotopic (exact) mass is 620 g/mol. The minimum atomic E-state index is 0.643. The third kappa shape index (κ3) is 23.3. The summed E-state index contributed by atoms with van der Waals surface area (Å²) in [7, 11) is 0. The molecule has 0 aliphatic carbocycles. The van der Waals surface area contributed by atoms with Crippen LogP contribution in [-0.4, -0.2) is 12.5 Å². The molecule has 1 atom stereocenters. The van der Waals surface area contributed by atoms with Crippen molar-refractivity contribution in [3.63, 3.8) is 0 Å². The van der Waals surface area contributed by atoms with E-state index in [2.05, 4.69) is 115 Å². The van der Waals surface area contributed by atoms with Crippen molar-refractivity contribution in [3.05, 3.63) is 106 Å². The Labute approximate surface area is 278 Å². The molecule has 0 aliphatic heterocycles. The van der Waals surface area contributed by atoms with Crippen molar-refractivity contribution in [1.82, 2.24) is 0 Å². The van der Waals surface area contributed by atoms with Gasteiger partial charge in [-0.25, -0.2) is 0 Å². The second-order valence-electron chi connectivity index (χ2n) is 13.1. The quantitative estimate of drug-likeness (QED) is 0.0634. The van der Waals surface area contributed by atoms with Crippen LogP contribution >= 0.6 is 11.6 Å². The highest BCUT2D eigenvalue weighted by atomic mass is 35.5. The zero-order valence-corrected chi connectivity index (χ0v) is 30.3. The lowest BCUT2D eigenvalue weighted by Crippen LogP contribution is -2.02. The standard InChI is InChI=1S/C42H65ClO/c1-35(18-12-20-37(3)22-14-24-39(5)26-16-28-41(7)33-43)17-11-19-36(2)21-13-23-38(4)25-15-27-40(6)31-32-44-34-42-29-9-8-10-30-42/h8-10,17,20-21,24-25,28-30,40H,11-16,18-19,22-23,26-27,31-34H2,1-7H3/b35-17+,36-21+,37-20+,38-25+,39-24+,41-28+. The molecule has 0 N–H and O–H groups in total. The van der Waals surface area contributed by atoms with E-state index in [1.165, 1.54) is 77.5 Å². The molecule has 1 nitrogen and oxygen atoms in total. The maximum absolute atomic E-state index is 5.86. The molecular formula is C42H65ClO. The Bertz CT molecular complexity index is 1070. The molecule has 0 saturated heterocycles. The molecule has 0 spiro atoms. The summed E-state index contributed by atoms with van der Waals surface area (Å²) in [6.07, 6.45) is 29.6. The fraction of sp³-hybridized carbons (Fsp3) is 0.571. The van der Waals surface area contributed by atoms with Crippen LogP contribution in [-0.2, 0) is 11.3 Å². The molecular weight excluding hydrogens is 556 g/mol. The van der Waals surface area contributed by atoms with Crippen molar-refractivity contribution in [2.45, 2.75) is 139 Å². The van der Waals surface area contributed by atoms with Gasteiger partial charge in [-0.3, -0.25) is 0 Å². The summed E-state index contributed by atoms with van der Waals surface area (Å²) in [6.45, 7) is 17.4. The molecule has 0 bridgehead atoms. The SMILES string of the molecule is C/C(=C\CC/C(C)=C/CC/C(C)=C/CC/C(C)=C/CC/C(C)=C/CC/C(C)=C/CCC(C)CCOCc1ccccc1)CCl. The van der Waals surface area contributed by atoms with E-state index < -0.39 is 0 Å². The van der Waals surface area contributed by atoms with Crippen LogP contribution in [0.5, 0.6) is 0 Å². The topological polar surface area (TPSA) is 9.23 Å². The first-order chi connectivity index (χ1) is 21.2. The van der Waals surface area contributed by atoms with Gasteiger partial charge in [0.25, 0.3) is 0 Å². The maximum Gasteiger partial charge on any atom is 0.0716 e. The number of hydrogen-bond donors (Lipinski definition) is 0. The molecule has 1 rings (SSSR count). The first kappa shape index (κ1) is 39.9. The molecule has 0 heterocycles. The predicted octanol–water partition coefficient (Wildman–Crippen LogP) is 13.8. The smallest absolute Gasteiger partial charge is 0.0716 e. The third-order valence-corrected chi connectivity index (χ3v) is 8.81. The van der Waals surface area contributed by atoms with E-state index in [-0.39, 0.29) is 0 Å². The number of alkyl halides is 1. The van der Waals surface area contributed by atoms with Crippen LogP contribution in [0.4, 0.5) is 0 Å². The maximum atomic E-state index is 5.86. The van der Waals surface area contributed by atoms with Crippen molar-refractivity contribution < 1.29 is 4.74 Å². The highest BCUT2D eigenvalue weighted by Crippen LogP contribution is 2.17. The van der Waals surface area contributed by atoms with Gasteiger partial charge in [0.2, 0.25) is 0 Å². The van der Waals surface area contributed by atoms with Crippen LogP contribution in [0.15, 0.2) is 100 Å². The first-order valence-electron chi connectivity index (χ1n) is 17.3. The van der Waals surface area contributed by atoms with Gasteiger partial charge in [-0.05, 0) is 136 Å². The average molecular weight is 621 g/mol. The number of ether oxygens (including phenoxy) is 1. The van der Waals surface area contributed by atoms with Crippen molar-refractivity contribution in [2.75, 3.05) is 12.5 Å². The van der Waals surface area contributed by atoms with E-state index in [0.29, 0.717) is 11.8 Å². The number of hydrogen-bond acceptors (Lipinski definition) is 1. The van der Waals surface area contributed by atoms with Crippen molar-refractivity contribution in [1.29, 1.82) is 0 Å². The highest BCUT2D eigenvalue weighted by molar-refractivity contribution is 6.19. The molecule has 0 fully saturated rings. The summed E-state index contributed by atoms with van der Waals surface area (Å²) < 4.78 is 5.86. The Kier molecular flexibility index (Phi) is 23.7. The number of halogens is 1. The van der Waals surface area contributed by atoms with Gasteiger partial charge < -0.3 is 4.74 Å². The molecule has 0 aromatic heterocycles. The van der Waals surface area contributed by atoms with Crippen LogP contribution < -0.4 is 0 Å². The van der Waals surface area contributed by atoms with E-state index >= 15 is 0 Å². The molecule has 1 aromatic rings.